The van der Waals surface area contributed by atoms with Crippen LogP contribution in [-0.2, 0) is 13.0 Å². The van der Waals surface area contributed by atoms with E-state index in [1.807, 2.05) is 0 Å². The Hall–Kier alpha value is -2.94. The van der Waals surface area contributed by atoms with Crippen LogP contribution in [0.25, 0.3) is 20.7 Å². The summed E-state index contributed by atoms with van der Waals surface area (Å²) in [6.07, 6.45) is 0.892. The van der Waals surface area contributed by atoms with Gasteiger partial charge >= 0.3 is 0 Å². The highest BCUT2D eigenvalue weighted by Crippen LogP contribution is 2.45. The standard InChI is InChI=1S/C24H21N3O3S2/c1-27-7-6-15-14(12-27)19(18-3-2-10-31-18)20-21(25)23(32-24(20)26-15)22(28)13-4-5-16-17(11-13)30-9-8-29-16/h2-5,10-11H,6-9,12,25H2,1H3. The Labute approximate surface area is 193 Å². The minimum absolute atomic E-state index is 0.116. The summed E-state index contributed by atoms with van der Waals surface area (Å²) < 4.78 is 11.3. The van der Waals surface area contributed by atoms with Gasteiger partial charge in [0.05, 0.1) is 5.69 Å². The Balaban J connectivity index is 1.53. The Bertz CT molecular complexity index is 1360. The lowest BCUT2D eigenvalue weighted by Crippen LogP contribution is -2.27. The number of carbonyl (C=O) groups excluding carboxylic acids is 1. The smallest absolute Gasteiger partial charge is 0.205 e. The number of nitrogen functional groups attached to an aromatic ring is 1. The molecule has 162 valence electrons. The molecule has 6 rings (SSSR count). The summed E-state index contributed by atoms with van der Waals surface area (Å²) in [4.78, 5) is 23.3. The Morgan fingerprint density at radius 3 is 2.84 bits per heavy atom. The van der Waals surface area contributed by atoms with Crippen LogP contribution >= 0.6 is 22.7 Å². The van der Waals surface area contributed by atoms with Crippen molar-refractivity contribution in [2.24, 2.45) is 0 Å². The zero-order valence-corrected chi connectivity index (χ0v) is 19.1. The van der Waals surface area contributed by atoms with E-state index in [0.717, 1.165) is 45.9 Å². The van der Waals surface area contributed by atoms with Gasteiger partial charge in [0.2, 0.25) is 5.78 Å². The fourth-order valence-electron chi connectivity index (χ4n) is 4.44. The van der Waals surface area contributed by atoms with Crippen molar-refractivity contribution in [2.45, 2.75) is 13.0 Å². The molecule has 0 spiro atoms. The summed E-state index contributed by atoms with van der Waals surface area (Å²) in [5, 5.41) is 2.97. The lowest BCUT2D eigenvalue weighted by atomic mass is 9.95. The molecule has 1 aromatic carbocycles. The number of benzene rings is 1. The van der Waals surface area contributed by atoms with Gasteiger partial charge in [0.25, 0.3) is 0 Å². The summed E-state index contributed by atoms with van der Waals surface area (Å²) in [5.74, 6) is 1.14. The normalized spacial score (nSPS) is 15.7. The monoisotopic (exact) mass is 463 g/mol. The number of thiophene rings is 2. The molecule has 6 nitrogen and oxygen atoms in total. The predicted octanol–water partition coefficient (Wildman–Crippen LogP) is 4.60. The predicted molar refractivity (Wildman–Crippen MR) is 128 cm³/mol. The van der Waals surface area contributed by atoms with Crippen molar-refractivity contribution >= 4 is 44.4 Å². The third-order valence-corrected chi connectivity index (χ3v) is 7.99. The van der Waals surface area contributed by atoms with Crippen LogP contribution in [0.3, 0.4) is 0 Å². The number of aromatic nitrogens is 1. The largest absolute Gasteiger partial charge is 0.486 e. The van der Waals surface area contributed by atoms with E-state index in [4.69, 9.17) is 20.2 Å². The number of likely N-dealkylation sites (N-methyl/N-ethyl adjacent to an activating group) is 1. The molecule has 0 radical (unpaired) electrons. The van der Waals surface area contributed by atoms with Crippen LogP contribution in [0, 0.1) is 0 Å². The van der Waals surface area contributed by atoms with Gasteiger partial charge in [-0.2, -0.15) is 0 Å². The number of anilines is 1. The topological polar surface area (TPSA) is 77.7 Å². The van der Waals surface area contributed by atoms with E-state index in [1.54, 1.807) is 29.5 Å². The van der Waals surface area contributed by atoms with Crippen LogP contribution in [-0.4, -0.2) is 42.5 Å². The van der Waals surface area contributed by atoms with Crippen LogP contribution < -0.4 is 15.2 Å². The summed E-state index contributed by atoms with van der Waals surface area (Å²) in [7, 11) is 2.12. The van der Waals surface area contributed by atoms with Crippen LogP contribution in [0.5, 0.6) is 11.5 Å². The maximum Gasteiger partial charge on any atom is 0.205 e. The van der Waals surface area contributed by atoms with Gasteiger partial charge in [0.15, 0.2) is 11.5 Å². The number of nitrogens with zero attached hydrogens (tertiary/aromatic N) is 2. The van der Waals surface area contributed by atoms with Gasteiger partial charge < -0.3 is 20.1 Å². The van der Waals surface area contributed by atoms with E-state index < -0.39 is 0 Å². The van der Waals surface area contributed by atoms with Gasteiger partial charge in [0, 0.05) is 46.6 Å². The first-order valence-electron chi connectivity index (χ1n) is 10.5. The van der Waals surface area contributed by atoms with E-state index in [1.165, 1.54) is 16.9 Å². The summed E-state index contributed by atoms with van der Waals surface area (Å²) >= 11 is 3.07. The highest BCUT2D eigenvalue weighted by molar-refractivity contribution is 7.21. The molecule has 0 saturated carbocycles. The molecular formula is C24H21N3O3S2. The van der Waals surface area contributed by atoms with Crippen LogP contribution in [0.4, 0.5) is 5.69 Å². The average molecular weight is 464 g/mol. The highest BCUT2D eigenvalue weighted by Gasteiger charge is 2.28. The van der Waals surface area contributed by atoms with Crippen molar-refractivity contribution in [1.29, 1.82) is 0 Å². The zero-order chi connectivity index (χ0) is 21.8. The van der Waals surface area contributed by atoms with E-state index in [-0.39, 0.29) is 5.78 Å². The number of ketones is 1. The van der Waals surface area contributed by atoms with Crippen molar-refractivity contribution in [2.75, 3.05) is 32.5 Å². The molecule has 8 heteroatoms. The van der Waals surface area contributed by atoms with Crippen molar-refractivity contribution in [3.05, 3.63) is 57.4 Å². The molecule has 3 aromatic heterocycles. The fraction of sp³-hybridized carbons (Fsp3) is 0.250. The Morgan fingerprint density at radius 1 is 1.19 bits per heavy atom. The Morgan fingerprint density at radius 2 is 2.03 bits per heavy atom. The van der Waals surface area contributed by atoms with E-state index in [2.05, 4.69) is 29.5 Å². The van der Waals surface area contributed by atoms with Crippen molar-refractivity contribution in [1.82, 2.24) is 9.88 Å². The third kappa shape index (κ3) is 3.09. The first-order valence-corrected chi connectivity index (χ1v) is 12.2. The molecule has 5 heterocycles. The van der Waals surface area contributed by atoms with Crippen LogP contribution in [0.15, 0.2) is 35.7 Å². The van der Waals surface area contributed by atoms with Gasteiger partial charge in [0.1, 0.15) is 22.9 Å². The van der Waals surface area contributed by atoms with E-state index in [9.17, 15) is 4.79 Å². The maximum absolute atomic E-state index is 13.5. The first-order chi connectivity index (χ1) is 15.6. The van der Waals surface area contributed by atoms with E-state index >= 15 is 0 Å². The number of carbonyl (C=O) groups is 1. The average Bonchev–Trinajstić information content (AvgIpc) is 3.45. The van der Waals surface area contributed by atoms with E-state index in [0.29, 0.717) is 40.8 Å². The number of fused-ring (bicyclic) bond motifs is 3. The number of pyridine rings is 1. The zero-order valence-electron chi connectivity index (χ0n) is 17.5. The van der Waals surface area contributed by atoms with Crippen molar-refractivity contribution in [3.63, 3.8) is 0 Å². The minimum Gasteiger partial charge on any atom is -0.486 e. The SMILES string of the molecule is CN1CCc2nc3sc(C(=O)c4ccc5c(c4)OCCO5)c(N)c3c(-c3cccs3)c2C1. The summed E-state index contributed by atoms with van der Waals surface area (Å²) in [6.45, 7) is 2.79. The maximum atomic E-state index is 13.5. The first kappa shape index (κ1) is 19.7. The lowest BCUT2D eigenvalue weighted by Gasteiger charge is -2.26. The highest BCUT2D eigenvalue weighted by atomic mass is 32.1. The summed E-state index contributed by atoms with van der Waals surface area (Å²) in [5.41, 5.74) is 11.2. The van der Waals surface area contributed by atoms with Gasteiger partial charge in [-0.3, -0.25) is 4.79 Å². The molecule has 0 saturated heterocycles. The van der Waals surface area contributed by atoms with Gasteiger partial charge in [-0.15, -0.1) is 22.7 Å². The van der Waals surface area contributed by atoms with Crippen molar-refractivity contribution in [3.8, 4) is 21.9 Å². The second-order valence-corrected chi connectivity index (χ2v) is 10.0. The molecule has 0 amide bonds. The van der Waals surface area contributed by atoms with Crippen LogP contribution in [0.1, 0.15) is 26.5 Å². The molecule has 32 heavy (non-hydrogen) atoms. The number of hydrogen-bond acceptors (Lipinski definition) is 8. The number of nitrogens with two attached hydrogens (primary N) is 1. The molecule has 2 aliphatic heterocycles. The molecule has 0 aliphatic carbocycles. The van der Waals surface area contributed by atoms with Gasteiger partial charge in [-0.05, 0) is 42.3 Å². The molecular weight excluding hydrogens is 442 g/mol. The lowest BCUT2D eigenvalue weighted by molar-refractivity contribution is 0.104. The molecule has 0 atom stereocenters. The number of ether oxygens (including phenoxy) is 2. The molecule has 2 aliphatic rings. The third-order valence-electron chi connectivity index (χ3n) is 6.00. The van der Waals surface area contributed by atoms with Gasteiger partial charge in [-0.1, -0.05) is 6.07 Å². The number of hydrogen-bond donors (Lipinski definition) is 1. The second-order valence-electron chi connectivity index (χ2n) is 8.09. The minimum atomic E-state index is -0.116. The van der Waals surface area contributed by atoms with Gasteiger partial charge in [-0.25, -0.2) is 4.98 Å². The van der Waals surface area contributed by atoms with Crippen LogP contribution in [0.2, 0.25) is 0 Å². The molecule has 0 bridgehead atoms. The Kier molecular flexibility index (Phi) is 4.67. The quantitative estimate of drug-likeness (QED) is 0.448. The number of rotatable bonds is 3. The second kappa shape index (κ2) is 7.58. The molecule has 0 fully saturated rings. The summed E-state index contributed by atoms with van der Waals surface area (Å²) in [6, 6.07) is 9.47. The molecule has 0 unspecified atom stereocenters. The molecule has 4 aromatic rings. The molecule has 2 N–H and O–H groups in total. The van der Waals surface area contributed by atoms with Crippen molar-refractivity contribution < 1.29 is 14.3 Å². The fourth-order valence-corrected chi connectivity index (χ4v) is 6.33.